The highest BCUT2D eigenvalue weighted by Crippen LogP contribution is 2.30. The predicted octanol–water partition coefficient (Wildman–Crippen LogP) is 4.07. The molecule has 0 unspecified atom stereocenters. The normalized spacial score (nSPS) is 11.0. The number of methoxy groups -OCH3 is 1. The zero-order valence-corrected chi connectivity index (χ0v) is 17.8. The van der Waals surface area contributed by atoms with Crippen LogP contribution in [0.2, 0.25) is 5.02 Å². The van der Waals surface area contributed by atoms with E-state index in [1.54, 1.807) is 24.3 Å². The highest BCUT2D eigenvalue weighted by molar-refractivity contribution is 6.30. The third-order valence-corrected chi connectivity index (χ3v) is 4.25. The summed E-state index contributed by atoms with van der Waals surface area (Å²) in [6, 6.07) is 14.7. The monoisotopic (exact) mass is 447 g/mol. The van der Waals surface area contributed by atoms with Crippen molar-refractivity contribution in [2.24, 2.45) is 0 Å². The molecule has 0 saturated heterocycles. The quantitative estimate of drug-likeness (QED) is 0.214. The molecule has 0 aromatic heterocycles. The summed E-state index contributed by atoms with van der Waals surface area (Å²) in [7, 11) is 1.37. The maximum atomic E-state index is 12.5. The predicted molar refractivity (Wildman–Crippen MR) is 120 cm³/mol. The summed E-state index contributed by atoms with van der Waals surface area (Å²) in [5, 5.41) is 21.6. The molecule has 8 heteroatoms. The van der Waals surface area contributed by atoms with Gasteiger partial charge in [0.2, 0.25) is 0 Å². The number of nitrogens with one attached hydrogen (secondary N) is 1. The van der Waals surface area contributed by atoms with Crippen LogP contribution < -0.4 is 14.8 Å². The van der Waals surface area contributed by atoms with E-state index in [1.807, 2.05) is 12.1 Å². The van der Waals surface area contributed by atoms with Crippen molar-refractivity contribution < 1.29 is 19.1 Å². The first-order valence-electron chi connectivity index (χ1n) is 9.20. The van der Waals surface area contributed by atoms with Crippen LogP contribution in [0.3, 0.4) is 0 Å². The molecule has 0 atom stereocenters. The Bertz CT molecular complexity index is 1170. The molecule has 0 heterocycles. The number of nitrogens with zero attached hydrogens (tertiary/aromatic N) is 2. The smallest absolute Gasteiger partial charge is 0.354 e. The van der Waals surface area contributed by atoms with Gasteiger partial charge in [-0.25, -0.2) is 4.79 Å². The minimum Gasteiger partial charge on any atom is -0.493 e. The SMILES string of the molecule is C=CCNC(=O)C(C#N)=Cc1ccc(OC(=O)C(C#N)=Cc2ccc(Cl)cc2)c(OC)c1. The Morgan fingerprint density at radius 1 is 1.03 bits per heavy atom. The molecule has 0 fully saturated rings. The van der Waals surface area contributed by atoms with Gasteiger partial charge in [0.15, 0.2) is 11.5 Å². The lowest BCUT2D eigenvalue weighted by atomic mass is 10.1. The maximum absolute atomic E-state index is 12.5. The second-order valence-corrected chi connectivity index (χ2v) is 6.63. The molecule has 160 valence electrons. The number of esters is 1. The molecule has 2 rings (SSSR count). The van der Waals surface area contributed by atoms with E-state index in [-0.39, 0.29) is 29.2 Å². The number of nitriles is 2. The summed E-state index contributed by atoms with van der Waals surface area (Å²) in [5.74, 6) is -1.17. The van der Waals surface area contributed by atoms with Gasteiger partial charge in [-0.1, -0.05) is 35.9 Å². The van der Waals surface area contributed by atoms with E-state index in [0.29, 0.717) is 16.1 Å². The average Bonchev–Trinajstić information content (AvgIpc) is 2.81. The van der Waals surface area contributed by atoms with E-state index < -0.39 is 11.9 Å². The van der Waals surface area contributed by atoms with Gasteiger partial charge in [-0.3, -0.25) is 4.79 Å². The molecule has 0 aliphatic carbocycles. The summed E-state index contributed by atoms with van der Waals surface area (Å²) in [6.07, 6.45) is 4.24. The minimum atomic E-state index is -0.870. The average molecular weight is 448 g/mol. The Morgan fingerprint density at radius 3 is 2.25 bits per heavy atom. The highest BCUT2D eigenvalue weighted by atomic mass is 35.5. The zero-order valence-electron chi connectivity index (χ0n) is 17.1. The number of rotatable bonds is 8. The van der Waals surface area contributed by atoms with Crippen molar-refractivity contribution >= 4 is 35.6 Å². The molecule has 1 N–H and O–H groups in total. The molecular formula is C24H18ClN3O4. The first-order chi connectivity index (χ1) is 15.4. The van der Waals surface area contributed by atoms with E-state index in [2.05, 4.69) is 11.9 Å². The molecule has 0 saturated carbocycles. The molecular weight excluding hydrogens is 430 g/mol. The molecule has 0 radical (unpaired) electrons. The molecule has 1 amide bonds. The molecule has 2 aromatic carbocycles. The zero-order chi connectivity index (χ0) is 23.5. The fourth-order valence-electron chi connectivity index (χ4n) is 2.45. The van der Waals surface area contributed by atoms with Gasteiger partial charge < -0.3 is 14.8 Å². The van der Waals surface area contributed by atoms with Gasteiger partial charge >= 0.3 is 5.97 Å². The van der Waals surface area contributed by atoms with Crippen LogP contribution in [0.5, 0.6) is 11.5 Å². The third kappa shape index (κ3) is 6.60. The second kappa shape index (κ2) is 11.8. The Kier molecular flexibility index (Phi) is 8.79. The van der Waals surface area contributed by atoms with Crippen LogP contribution in [-0.2, 0) is 9.59 Å². The lowest BCUT2D eigenvalue weighted by Gasteiger charge is -2.10. The molecule has 0 spiro atoms. The number of hydrogen-bond donors (Lipinski definition) is 1. The van der Waals surface area contributed by atoms with Gasteiger partial charge in [0.05, 0.1) is 7.11 Å². The van der Waals surface area contributed by atoms with Gasteiger partial charge in [0, 0.05) is 11.6 Å². The number of carbonyl (C=O) groups is 2. The van der Waals surface area contributed by atoms with Crippen LogP contribution in [0.15, 0.2) is 66.3 Å². The van der Waals surface area contributed by atoms with Crippen molar-refractivity contribution in [3.63, 3.8) is 0 Å². The van der Waals surface area contributed by atoms with E-state index in [1.165, 1.54) is 43.5 Å². The Labute approximate surface area is 190 Å². The van der Waals surface area contributed by atoms with Gasteiger partial charge in [0.25, 0.3) is 5.91 Å². The fourth-order valence-corrected chi connectivity index (χ4v) is 2.58. The maximum Gasteiger partial charge on any atom is 0.354 e. The number of amides is 1. The first kappa shape index (κ1) is 23.9. The van der Waals surface area contributed by atoms with Crippen LogP contribution >= 0.6 is 11.6 Å². The molecule has 7 nitrogen and oxygen atoms in total. The number of ether oxygens (including phenoxy) is 2. The van der Waals surface area contributed by atoms with Crippen LogP contribution in [0.4, 0.5) is 0 Å². The Balaban J connectivity index is 2.26. The van der Waals surface area contributed by atoms with Crippen LogP contribution in [0.25, 0.3) is 12.2 Å². The third-order valence-electron chi connectivity index (χ3n) is 3.99. The summed E-state index contributed by atoms with van der Waals surface area (Å²) < 4.78 is 10.6. The highest BCUT2D eigenvalue weighted by Gasteiger charge is 2.16. The van der Waals surface area contributed by atoms with Crippen LogP contribution in [0.1, 0.15) is 11.1 Å². The van der Waals surface area contributed by atoms with E-state index in [4.69, 9.17) is 21.1 Å². The standard InChI is InChI=1S/C24H18ClN3O4/c1-3-10-28-23(29)18(14-26)12-17-6-9-21(22(13-17)31-2)32-24(30)19(15-27)11-16-4-7-20(25)8-5-16/h3-9,11-13H,1,10H2,2H3,(H,28,29). The fraction of sp³-hybridized carbons (Fsp3) is 0.0833. The lowest BCUT2D eigenvalue weighted by molar-refractivity contribution is -0.129. The first-order valence-corrected chi connectivity index (χ1v) is 9.58. The van der Waals surface area contributed by atoms with Gasteiger partial charge in [-0.05, 0) is 47.5 Å². The summed E-state index contributed by atoms with van der Waals surface area (Å²) in [4.78, 5) is 24.5. The van der Waals surface area contributed by atoms with E-state index in [9.17, 15) is 20.1 Å². The molecule has 0 bridgehead atoms. The van der Waals surface area contributed by atoms with Crippen molar-refractivity contribution in [3.8, 4) is 23.6 Å². The van der Waals surface area contributed by atoms with E-state index in [0.717, 1.165) is 0 Å². The van der Waals surface area contributed by atoms with Crippen molar-refractivity contribution in [1.82, 2.24) is 5.32 Å². The number of halogens is 1. The summed E-state index contributed by atoms with van der Waals surface area (Å²) >= 11 is 5.84. The lowest BCUT2D eigenvalue weighted by Crippen LogP contribution is -2.24. The minimum absolute atomic E-state index is 0.0709. The second-order valence-electron chi connectivity index (χ2n) is 6.19. The Hall–Kier alpha value is -4.33. The molecule has 0 aliphatic rings. The summed E-state index contributed by atoms with van der Waals surface area (Å²) in [5.41, 5.74) is 0.749. The molecule has 32 heavy (non-hydrogen) atoms. The van der Waals surface area contributed by atoms with Crippen LogP contribution in [0, 0.1) is 22.7 Å². The van der Waals surface area contributed by atoms with Gasteiger partial charge in [-0.2, -0.15) is 10.5 Å². The van der Waals surface area contributed by atoms with E-state index >= 15 is 0 Å². The van der Waals surface area contributed by atoms with Gasteiger partial charge in [-0.15, -0.1) is 6.58 Å². The number of hydrogen-bond acceptors (Lipinski definition) is 6. The van der Waals surface area contributed by atoms with Crippen LogP contribution in [-0.4, -0.2) is 25.5 Å². The largest absolute Gasteiger partial charge is 0.493 e. The summed E-state index contributed by atoms with van der Waals surface area (Å²) in [6.45, 7) is 3.72. The van der Waals surface area contributed by atoms with Crippen molar-refractivity contribution in [2.75, 3.05) is 13.7 Å². The van der Waals surface area contributed by atoms with Crippen molar-refractivity contribution in [3.05, 3.63) is 82.4 Å². The number of benzene rings is 2. The molecule has 0 aliphatic heterocycles. The molecule has 2 aromatic rings. The van der Waals surface area contributed by atoms with Crippen molar-refractivity contribution in [2.45, 2.75) is 0 Å². The topological polar surface area (TPSA) is 112 Å². The Morgan fingerprint density at radius 2 is 1.66 bits per heavy atom. The number of carbonyl (C=O) groups excluding carboxylic acids is 2. The van der Waals surface area contributed by atoms with Crippen molar-refractivity contribution in [1.29, 1.82) is 10.5 Å². The van der Waals surface area contributed by atoms with Gasteiger partial charge in [0.1, 0.15) is 23.3 Å².